The Hall–Kier alpha value is -2.56. The number of imidazole rings is 1. The molecule has 1 N–H and O–H groups in total. The number of aryl methyl sites for hydroxylation is 3. The molecule has 3 aromatic rings. The van der Waals surface area contributed by atoms with Crippen molar-refractivity contribution in [3.8, 4) is 0 Å². The number of para-hydroxylation sites is 1. The highest BCUT2D eigenvalue weighted by atomic mass is 16.1. The van der Waals surface area contributed by atoms with E-state index >= 15 is 0 Å². The van der Waals surface area contributed by atoms with Crippen molar-refractivity contribution in [1.29, 1.82) is 0 Å². The fraction of sp³-hybridized carbons (Fsp3) is 0.368. The minimum absolute atomic E-state index is 0.0941. The van der Waals surface area contributed by atoms with Crippen molar-refractivity contribution in [2.45, 2.75) is 38.8 Å². The lowest BCUT2D eigenvalue weighted by atomic mass is 10.1. The monoisotopic (exact) mass is 322 g/mol. The number of nitrogens with one attached hydrogen (secondary N) is 1. The van der Waals surface area contributed by atoms with Gasteiger partial charge in [0.2, 0.25) is 5.91 Å². The van der Waals surface area contributed by atoms with Gasteiger partial charge in [0.05, 0.1) is 12.1 Å². The first-order chi connectivity index (χ1) is 11.6. The Kier molecular flexibility index (Phi) is 3.63. The van der Waals surface area contributed by atoms with Crippen molar-refractivity contribution >= 4 is 16.8 Å². The maximum Gasteiger partial charge on any atom is 0.224 e. The third kappa shape index (κ3) is 2.70. The highest BCUT2D eigenvalue weighted by Gasteiger charge is 2.21. The van der Waals surface area contributed by atoms with Gasteiger partial charge in [0.25, 0.3) is 0 Å². The molecule has 0 fully saturated rings. The third-order valence-electron chi connectivity index (χ3n) is 4.81. The van der Waals surface area contributed by atoms with Crippen LogP contribution in [0, 0.1) is 6.92 Å². The van der Waals surface area contributed by atoms with Crippen LogP contribution in [0.5, 0.6) is 0 Å². The van der Waals surface area contributed by atoms with Crippen LogP contribution in [-0.2, 0) is 31.2 Å². The lowest BCUT2D eigenvalue weighted by Crippen LogP contribution is -2.41. The smallest absolute Gasteiger partial charge is 0.224 e. The summed E-state index contributed by atoms with van der Waals surface area (Å²) in [5.41, 5.74) is 3.30. The summed E-state index contributed by atoms with van der Waals surface area (Å²) in [7, 11) is 2.02. The summed E-state index contributed by atoms with van der Waals surface area (Å²) in [5.74, 6) is 1.23. The fourth-order valence-electron chi connectivity index (χ4n) is 3.72. The fourth-order valence-corrected chi connectivity index (χ4v) is 3.72. The van der Waals surface area contributed by atoms with Gasteiger partial charge < -0.3 is 14.5 Å². The zero-order chi connectivity index (χ0) is 16.7. The van der Waals surface area contributed by atoms with Gasteiger partial charge in [0, 0.05) is 49.4 Å². The zero-order valence-electron chi connectivity index (χ0n) is 14.1. The van der Waals surface area contributed by atoms with Gasteiger partial charge in [0.15, 0.2) is 0 Å². The zero-order valence-corrected chi connectivity index (χ0v) is 14.1. The second-order valence-corrected chi connectivity index (χ2v) is 6.71. The molecule has 1 aliphatic heterocycles. The number of benzene rings is 1. The molecule has 5 heteroatoms. The van der Waals surface area contributed by atoms with Gasteiger partial charge in [-0.3, -0.25) is 4.79 Å². The molecule has 0 spiro atoms. The van der Waals surface area contributed by atoms with E-state index in [1.165, 1.54) is 0 Å². The summed E-state index contributed by atoms with van der Waals surface area (Å²) in [6.45, 7) is 2.83. The predicted molar refractivity (Wildman–Crippen MR) is 93.8 cm³/mol. The molecular formula is C19H22N4O. The molecule has 0 bridgehead atoms. The summed E-state index contributed by atoms with van der Waals surface area (Å²) in [6, 6.07) is 8.40. The Morgan fingerprint density at radius 3 is 3.04 bits per heavy atom. The number of nitrogens with zero attached hydrogens (tertiary/aromatic N) is 3. The molecule has 0 radical (unpaired) electrons. The molecule has 5 nitrogen and oxygen atoms in total. The van der Waals surface area contributed by atoms with Gasteiger partial charge in [-0.2, -0.15) is 0 Å². The number of rotatable bonds is 3. The number of aromatic nitrogens is 3. The van der Waals surface area contributed by atoms with Crippen molar-refractivity contribution in [1.82, 2.24) is 19.4 Å². The molecule has 0 saturated heterocycles. The van der Waals surface area contributed by atoms with E-state index in [0.717, 1.165) is 47.4 Å². The van der Waals surface area contributed by atoms with Crippen molar-refractivity contribution in [2.75, 3.05) is 0 Å². The normalized spacial score (nSPS) is 17.0. The van der Waals surface area contributed by atoms with Gasteiger partial charge in [0.1, 0.15) is 5.82 Å². The van der Waals surface area contributed by atoms with Gasteiger partial charge in [-0.25, -0.2) is 4.98 Å². The Labute approximate surface area is 141 Å². The molecule has 1 aromatic carbocycles. The maximum atomic E-state index is 12.5. The quantitative estimate of drug-likeness (QED) is 0.805. The average molecular weight is 322 g/mol. The van der Waals surface area contributed by atoms with E-state index in [1.54, 1.807) is 0 Å². The van der Waals surface area contributed by atoms with Crippen molar-refractivity contribution in [2.24, 2.45) is 7.05 Å². The van der Waals surface area contributed by atoms with E-state index in [1.807, 2.05) is 26.1 Å². The van der Waals surface area contributed by atoms with Crippen molar-refractivity contribution < 1.29 is 4.79 Å². The summed E-state index contributed by atoms with van der Waals surface area (Å²) < 4.78 is 4.25. The number of hydrogen-bond acceptors (Lipinski definition) is 2. The lowest BCUT2D eigenvalue weighted by Gasteiger charge is -2.24. The Balaban J connectivity index is 1.45. The SMILES string of the molecule is Cc1cn2c(n1)CC[C@@H](NC(=O)Cc1cn(C)c3ccccc13)C2. The molecule has 1 atom stereocenters. The summed E-state index contributed by atoms with van der Waals surface area (Å²) in [5, 5.41) is 4.35. The Morgan fingerprint density at radius 1 is 1.33 bits per heavy atom. The molecule has 3 heterocycles. The second-order valence-electron chi connectivity index (χ2n) is 6.71. The second kappa shape index (κ2) is 5.82. The first-order valence-corrected chi connectivity index (χ1v) is 8.45. The van der Waals surface area contributed by atoms with Crippen LogP contribution in [0.15, 0.2) is 36.7 Å². The standard InChI is InChI=1S/C19H22N4O/c1-13-10-23-12-15(7-8-18(23)20-13)21-19(24)9-14-11-22(2)17-6-4-3-5-16(14)17/h3-6,10-11,15H,7-9,12H2,1-2H3,(H,21,24)/t15-/m1/s1. The van der Waals surface area contributed by atoms with Crippen LogP contribution in [0.4, 0.5) is 0 Å². The molecule has 124 valence electrons. The van der Waals surface area contributed by atoms with E-state index in [9.17, 15) is 4.79 Å². The lowest BCUT2D eigenvalue weighted by molar-refractivity contribution is -0.121. The molecule has 1 aliphatic rings. The average Bonchev–Trinajstić information content (AvgIpc) is 3.07. The van der Waals surface area contributed by atoms with Crippen LogP contribution in [0.3, 0.4) is 0 Å². The number of amides is 1. The van der Waals surface area contributed by atoms with Crippen LogP contribution >= 0.6 is 0 Å². The molecule has 24 heavy (non-hydrogen) atoms. The minimum atomic E-state index is 0.0941. The highest BCUT2D eigenvalue weighted by molar-refractivity contribution is 5.89. The van der Waals surface area contributed by atoms with Crippen molar-refractivity contribution in [3.05, 3.63) is 53.7 Å². The van der Waals surface area contributed by atoms with E-state index in [-0.39, 0.29) is 11.9 Å². The summed E-state index contributed by atoms with van der Waals surface area (Å²) in [4.78, 5) is 17.0. The molecule has 2 aromatic heterocycles. The molecule has 4 rings (SSSR count). The summed E-state index contributed by atoms with van der Waals surface area (Å²) in [6.07, 6.45) is 6.43. The van der Waals surface area contributed by atoms with E-state index in [2.05, 4.69) is 44.0 Å². The van der Waals surface area contributed by atoms with Gasteiger partial charge in [-0.1, -0.05) is 18.2 Å². The van der Waals surface area contributed by atoms with Gasteiger partial charge in [-0.05, 0) is 25.0 Å². The van der Waals surface area contributed by atoms with E-state index in [0.29, 0.717) is 6.42 Å². The molecule has 0 saturated carbocycles. The Morgan fingerprint density at radius 2 is 2.17 bits per heavy atom. The highest BCUT2D eigenvalue weighted by Crippen LogP contribution is 2.21. The van der Waals surface area contributed by atoms with Crippen LogP contribution < -0.4 is 5.32 Å². The largest absolute Gasteiger partial charge is 0.351 e. The van der Waals surface area contributed by atoms with E-state index in [4.69, 9.17) is 0 Å². The van der Waals surface area contributed by atoms with Crippen LogP contribution in [0.25, 0.3) is 10.9 Å². The van der Waals surface area contributed by atoms with Crippen LogP contribution in [0.2, 0.25) is 0 Å². The van der Waals surface area contributed by atoms with Crippen LogP contribution in [0.1, 0.15) is 23.5 Å². The van der Waals surface area contributed by atoms with Crippen LogP contribution in [-0.4, -0.2) is 26.1 Å². The predicted octanol–water partition coefficient (Wildman–Crippen LogP) is 2.36. The number of carbonyl (C=O) groups excluding carboxylic acids is 1. The maximum absolute atomic E-state index is 12.5. The number of carbonyl (C=O) groups is 1. The minimum Gasteiger partial charge on any atom is -0.351 e. The third-order valence-corrected chi connectivity index (χ3v) is 4.81. The topological polar surface area (TPSA) is 51.9 Å². The molecule has 0 unspecified atom stereocenters. The first kappa shape index (κ1) is 15.0. The van der Waals surface area contributed by atoms with Gasteiger partial charge in [-0.15, -0.1) is 0 Å². The molecular weight excluding hydrogens is 300 g/mol. The van der Waals surface area contributed by atoms with Gasteiger partial charge >= 0.3 is 0 Å². The molecule has 0 aliphatic carbocycles. The molecule has 1 amide bonds. The first-order valence-electron chi connectivity index (χ1n) is 8.45. The van der Waals surface area contributed by atoms with E-state index < -0.39 is 0 Å². The van der Waals surface area contributed by atoms with Crippen molar-refractivity contribution in [3.63, 3.8) is 0 Å². The Bertz CT molecular complexity index is 905. The number of fused-ring (bicyclic) bond motifs is 2. The number of hydrogen-bond donors (Lipinski definition) is 1. The summed E-state index contributed by atoms with van der Waals surface area (Å²) >= 11 is 0.